The molecule has 5 nitrogen and oxygen atoms in total. The first-order valence-electron chi connectivity index (χ1n) is 6.57. The van der Waals surface area contributed by atoms with E-state index < -0.39 is 11.6 Å². The smallest absolute Gasteiger partial charge is 0.325 e. The molecule has 0 aromatic heterocycles. The average Bonchev–Trinajstić information content (AvgIpc) is 2.64. The number of hydrogen-bond donors (Lipinski definition) is 1. The highest BCUT2D eigenvalue weighted by Gasteiger charge is 2.51. The molecule has 0 aliphatic carbocycles. The number of urea groups is 1. The van der Waals surface area contributed by atoms with Crippen molar-refractivity contribution in [2.24, 2.45) is 0 Å². The molecular formula is C14H15FN2O3. The fourth-order valence-electron chi connectivity index (χ4n) is 2.70. The second-order valence-electron chi connectivity index (χ2n) is 5.15. The van der Waals surface area contributed by atoms with Crippen LogP contribution in [0, 0.1) is 5.82 Å². The van der Waals surface area contributed by atoms with Gasteiger partial charge in [0.25, 0.3) is 5.91 Å². The SMILES string of the molecule is O=C1NC2(CCOCC2)C(=O)N1Cc1cccc(F)c1. The molecule has 20 heavy (non-hydrogen) atoms. The molecule has 1 N–H and O–H groups in total. The number of halogens is 1. The van der Waals surface area contributed by atoms with Gasteiger partial charge >= 0.3 is 6.03 Å². The summed E-state index contributed by atoms with van der Waals surface area (Å²) in [4.78, 5) is 25.6. The third kappa shape index (κ3) is 2.16. The molecule has 2 heterocycles. The summed E-state index contributed by atoms with van der Waals surface area (Å²) in [5.74, 6) is -0.620. The highest BCUT2D eigenvalue weighted by Crippen LogP contribution is 2.29. The number of carbonyl (C=O) groups excluding carboxylic acids is 2. The van der Waals surface area contributed by atoms with E-state index in [2.05, 4.69) is 5.32 Å². The second kappa shape index (κ2) is 4.86. The number of imide groups is 1. The molecule has 3 rings (SSSR count). The van der Waals surface area contributed by atoms with Crippen LogP contribution in [0.2, 0.25) is 0 Å². The Morgan fingerprint density at radius 3 is 2.75 bits per heavy atom. The summed E-state index contributed by atoms with van der Waals surface area (Å²) in [7, 11) is 0. The fraction of sp³-hybridized carbons (Fsp3) is 0.429. The second-order valence-corrected chi connectivity index (χ2v) is 5.15. The van der Waals surface area contributed by atoms with Crippen LogP contribution in [-0.2, 0) is 16.1 Å². The molecule has 3 amide bonds. The summed E-state index contributed by atoms with van der Waals surface area (Å²) in [5, 5.41) is 2.77. The van der Waals surface area contributed by atoms with Crippen LogP contribution in [0.25, 0.3) is 0 Å². The Morgan fingerprint density at radius 2 is 2.05 bits per heavy atom. The molecule has 2 saturated heterocycles. The lowest BCUT2D eigenvalue weighted by molar-refractivity contribution is -0.134. The topological polar surface area (TPSA) is 58.6 Å². The summed E-state index contributed by atoms with van der Waals surface area (Å²) >= 11 is 0. The van der Waals surface area contributed by atoms with Crippen molar-refractivity contribution in [3.8, 4) is 0 Å². The molecule has 2 aliphatic heterocycles. The van der Waals surface area contributed by atoms with E-state index >= 15 is 0 Å². The van der Waals surface area contributed by atoms with Gasteiger partial charge in [0.1, 0.15) is 11.4 Å². The van der Waals surface area contributed by atoms with Crippen LogP contribution in [0.15, 0.2) is 24.3 Å². The summed E-state index contributed by atoms with van der Waals surface area (Å²) in [5.41, 5.74) is -0.236. The lowest BCUT2D eigenvalue weighted by atomic mass is 9.90. The maximum absolute atomic E-state index is 13.2. The molecule has 1 aromatic rings. The molecule has 2 fully saturated rings. The first-order chi connectivity index (χ1) is 9.61. The number of rotatable bonds is 2. The maximum Gasteiger partial charge on any atom is 0.325 e. The summed E-state index contributed by atoms with van der Waals surface area (Å²) in [6.45, 7) is 1.00. The van der Waals surface area contributed by atoms with Gasteiger partial charge in [-0.2, -0.15) is 0 Å². The zero-order valence-corrected chi connectivity index (χ0v) is 10.9. The van der Waals surface area contributed by atoms with Gasteiger partial charge in [0.2, 0.25) is 0 Å². The van der Waals surface area contributed by atoms with Crippen LogP contribution in [0.4, 0.5) is 9.18 Å². The van der Waals surface area contributed by atoms with Crippen molar-refractivity contribution in [2.45, 2.75) is 24.9 Å². The monoisotopic (exact) mass is 278 g/mol. The van der Waals surface area contributed by atoms with E-state index in [1.54, 1.807) is 12.1 Å². The highest BCUT2D eigenvalue weighted by molar-refractivity contribution is 6.07. The van der Waals surface area contributed by atoms with E-state index in [4.69, 9.17) is 4.74 Å². The first kappa shape index (κ1) is 13.1. The largest absolute Gasteiger partial charge is 0.381 e. The molecule has 106 valence electrons. The minimum Gasteiger partial charge on any atom is -0.381 e. The predicted octanol–water partition coefficient (Wildman–Crippen LogP) is 1.43. The van der Waals surface area contributed by atoms with Crippen LogP contribution in [0.3, 0.4) is 0 Å². The Hall–Kier alpha value is -1.95. The number of carbonyl (C=O) groups is 2. The van der Waals surface area contributed by atoms with Crippen LogP contribution in [-0.4, -0.2) is 35.6 Å². The summed E-state index contributed by atoms with van der Waals surface area (Å²) in [6.07, 6.45) is 0.967. The molecule has 2 aliphatic rings. The van der Waals surface area contributed by atoms with Crippen molar-refractivity contribution in [2.75, 3.05) is 13.2 Å². The Kier molecular flexibility index (Phi) is 3.17. The van der Waals surface area contributed by atoms with Gasteiger partial charge in [-0.05, 0) is 17.7 Å². The van der Waals surface area contributed by atoms with Crippen molar-refractivity contribution in [3.63, 3.8) is 0 Å². The van der Waals surface area contributed by atoms with Gasteiger partial charge in [-0.25, -0.2) is 9.18 Å². The van der Waals surface area contributed by atoms with E-state index in [1.165, 1.54) is 12.1 Å². The summed E-state index contributed by atoms with van der Waals surface area (Å²) in [6, 6.07) is 5.50. The molecule has 1 spiro atoms. The van der Waals surface area contributed by atoms with Crippen molar-refractivity contribution in [1.29, 1.82) is 0 Å². The normalized spacial score (nSPS) is 21.4. The third-order valence-corrected chi connectivity index (χ3v) is 3.82. The maximum atomic E-state index is 13.2. The average molecular weight is 278 g/mol. The van der Waals surface area contributed by atoms with Crippen molar-refractivity contribution < 1.29 is 18.7 Å². The minimum atomic E-state index is -0.831. The lowest BCUT2D eigenvalue weighted by Crippen LogP contribution is -2.51. The number of nitrogens with one attached hydrogen (secondary N) is 1. The van der Waals surface area contributed by atoms with Gasteiger partial charge in [0.15, 0.2) is 0 Å². The molecule has 6 heteroatoms. The third-order valence-electron chi connectivity index (χ3n) is 3.82. The van der Waals surface area contributed by atoms with Crippen LogP contribution in [0.5, 0.6) is 0 Å². The van der Waals surface area contributed by atoms with Gasteiger partial charge in [-0.3, -0.25) is 9.69 Å². The Labute approximate surface area is 115 Å². The van der Waals surface area contributed by atoms with Crippen LogP contribution in [0.1, 0.15) is 18.4 Å². The van der Waals surface area contributed by atoms with Gasteiger partial charge < -0.3 is 10.1 Å². The molecule has 1 aromatic carbocycles. The van der Waals surface area contributed by atoms with E-state index in [0.29, 0.717) is 31.6 Å². The van der Waals surface area contributed by atoms with Gasteiger partial charge in [0, 0.05) is 26.1 Å². The Bertz CT molecular complexity index is 555. The van der Waals surface area contributed by atoms with E-state index in [1.807, 2.05) is 0 Å². The minimum absolute atomic E-state index is 0.0883. The number of benzene rings is 1. The standard InChI is InChI=1S/C14H15FN2O3/c15-11-3-1-2-10(8-11)9-17-12(18)14(16-13(17)19)4-6-20-7-5-14/h1-3,8H,4-7,9H2,(H,16,19). The number of amides is 3. The molecule has 0 radical (unpaired) electrons. The predicted molar refractivity (Wildman–Crippen MR) is 68.3 cm³/mol. The molecule has 0 saturated carbocycles. The zero-order chi connectivity index (χ0) is 14.2. The zero-order valence-electron chi connectivity index (χ0n) is 10.9. The first-order valence-corrected chi connectivity index (χ1v) is 6.57. The van der Waals surface area contributed by atoms with Crippen LogP contribution < -0.4 is 5.32 Å². The van der Waals surface area contributed by atoms with Gasteiger partial charge in [-0.1, -0.05) is 12.1 Å². The molecule has 0 unspecified atom stereocenters. The lowest BCUT2D eigenvalue weighted by Gasteiger charge is -2.30. The summed E-state index contributed by atoms with van der Waals surface area (Å²) < 4.78 is 18.4. The molecular weight excluding hydrogens is 263 g/mol. The van der Waals surface area contributed by atoms with Crippen molar-refractivity contribution in [3.05, 3.63) is 35.6 Å². The Morgan fingerprint density at radius 1 is 1.30 bits per heavy atom. The van der Waals surface area contributed by atoms with Crippen molar-refractivity contribution in [1.82, 2.24) is 10.2 Å². The van der Waals surface area contributed by atoms with Gasteiger partial charge in [-0.15, -0.1) is 0 Å². The number of hydrogen-bond acceptors (Lipinski definition) is 3. The molecule has 0 bridgehead atoms. The number of nitrogens with zero attached hydrogens (tertiary/aromatic N) is 1. The number of ether oxygens (including phenoxy) is 1. The van der Waals surface area contributed by atoms with E-state index in [0.717, 1.165) is 4.90 Å². The Balaban J connectivity index is 1.80. The quantitative estimate of drug-likeness (QED) is 0.832. The fourth-order valence-corrected chi connectivity index (χ4v) is 2.70. The highest BCUT2D eigenvalue weighted by atomic mass is 19.1. The van der Waals surface area contributed by atoms with Crippen LogP contribution >= 0.6 is 0 Å². The molecule has 0 atom stereocenters. The van der Waals surface area contributed by atoms with Crippen molar-refractivity contribution >= 4 is 11.9 Å². The van der Waals surface area contributed by atoms with E-state index in [9.17, 15) is 14.0 Å². The van der Waals surface area contributed by atoms with E-state index in [-0.39, 0.29) is 18.3 Å². The van der Waals surface area contributed by atoms with Gasteiger partial charge in [0.05, 0.1) is 6.54 Å².